The maximum absolute atomic E-state index is 12.6. The smallest absolute Gasteiger partial charge is 0.244 e. The molecule has 0 N–H and O–H groups in total. The third-order valence-corrected chi connectivity index (χ3v) is 2.04. The van der Waals surface area contributed by atoms with E-state index in [1.54, 1.807) is 0 Å². The Hall–Kier alpha value is -0.910. The summed E-state index contributed by atoms with van der Waals surface area (Å²) in [6, 6.07) is 0. The van der Waals surface area contributed by atoms with Crippen molar-refractivity contribution in [2.75, 3.05) is 6.67 Å². The maximum atomic E-state index is 12.6. The quantitative estimate of drug-likeness (QED) is 0.654. The van der Waals surface area contributed by atoms with Gasteiger partial charge in [0, 0.05) is 0 Å². The van der Waals surface area contributed by atoms with Gasteiger partial charge in [-0.25, -0.2) is 17.6 Å². The zero-order chi connectivity index (χ0) is 16.8. The first-order valence-corrected chi connectivity index (χ1v) is 4.25. The standard InChI is InChI=1S/C7H3F13/c8-1-3(10,11)2(9)4(12,13)5(14,15)6(16,17)7(18,19)20/h2H,1H2. The van der Waals surface area contributed by atoms with Gasteiger partial charge in [0.2, 0.25) is 6.17 Å². The van der Waals surface area contributed by atoms with Crippen LogP contribution in [-0.2, 0) is 0 Å². The van der Waals surface area contributed by atoms with Crippen LogP contribution in [0.5, 0.6) is 0 Å². The second kappa shape index (κ2) is 4.83. The summed E-state index contributed by atoms with van der Waals surface area (Å²) in [6.45, 7) is -3.31. The molecule has 0 nitrogen and oxygen atoms in total. The van der Waals surface area contributed by atoms with Crippen LogP contribution in [0.3, 0.4) is 0 Å². The van der Waals surface area contributed by atoms with E-state index in [0.717, 1.165) is 0 Å². The predicted octanol–water partition coefficient (Wildman–Crippen LogP) is 4.40. The number of hydrogen-bond donors (Lipinski definition) is 0. The van der Waals surface area contributed by atoms with Crippen LogP contribution >= 0.6 is 0 Å². The molecule has 0 aliphatic rings. The van der Waals surface area contributed by atoms with Gasteiger partial charge in [0.15, 0.2) is 6.67 Å². The molecule has 0 aromatic rings. The first-order valence-electron chi connectivity index (χ1n) is 4.25. The predicted molar refractivity (Wildman–Crippen MR) is 36.7 cm³/mol. The van der Waals surface area contributed by atoms with Crippen molar-refractivity contribution in [3.05, 3.63) is 0 Å². The van der Waals surface area contributed by atoms with E-state index in [1.807, 2.05) is 0 Å². The molecule has 0 rings (SSSR count). The molecule has 0 amide bonds. The Kier molecular flexibility index (Phi) is 4.61. The molecular formula is C7H3F13. The lowest BCUT2D eigenvalue weighted by Gasteiger charge is -2.36. The van der Waals surface area contributed by atoms with Gasteiger partial charge in [-0.2, -0.15) is 39.5 Å². The summed E-state index contributed by atoms with van der Waals surface area (Å²) in [5.74, 6) is -28.1. The molecule has 0 aromatic carbocycles. The Labute approximate surface area is 101 Å². The topological polar surface area (TPSA) is 0 Å². The molecule has 0 saturated heterocycles. The Morgan fingerprint density at radius 3 is 1.25 bits per heavy atom. The molecule has 1 atom stereocenters. The molecule has 0 aliphatic carbocycles. The Bertz CT molecular complexity index is 339. The Morgan fingerprint density at radius 1 is 0.650 bits per heavy atom. The first-order chi connectivity index (χ1) is 8.47. The summed E-state index contributed by atoms with van der Waals surface area (Å²) >= 11 is 0. The largest absolute Gasteiger partial charge is 0.460 e. The van der Waals surface area contributed by atoms with Crippen LogP contribution in [-0.4, -0.2) is 42.7 Å². The van der Waals surface area contributed by atoms with Gasteiger partial charge in [0.1, 0.15) is 0 Å². The van der Waals surface area contributed by atoms with E-state index >= 15 is 0 Å². The Balaban J connectivity index is 5.82. The van der Waals surface area contributed by atoms with E-state index in [-0.39, 0.29) is 0 Å². The van der Waals surface area contributed by atoms with E-state index in [4.69, 9.17) is 0 Å². The molecule has 0 saturated carbocycles. The van der Waals surface area contributed by atoms with Crippen molar-refractivity contribution in [3.8, 4) is 0 Å². The molecule has 122 valence electrons. The summed E-state index contributed by atoms with van der Waals surface area (Å²) in [5.41, 5.74) is 0. The lowest BCUT2D eigenvalue weighted by atomic mass is 9.96. The molecule has 1 unspecified atom stereocenters. The molecule has 20 heavy (non-hydrogen) atoms. The van der Waals surface area contributed by atoms with E-state index in [1.165, 1.54) is 0 Å². The zero-order valence-corrected chi connectivity index (χ0v) is 8.70. The first kappa shape index (κ1) is 19.1. The minimum Gasteiger partial charge on any atom is -0.244 e. The molecule has 0 heterocycles. The van der Waals surface area contributed by atoms with Crippen molar-refractivity contribution in [1.82, 2.24) is 0 Å². The molecule has 0 fully saturated rings. The molecular weight excluding hydrogens is 331 g/mol. The molecule has 0 aliphatic heterocycles. The SMILES string of the molecule is FCC(F)(F)C(F)C(F)(F)C(F)(F)C(F)(F)C(F)(F)F. The fourth-order valence-corrected chi connectivity index (χ4v) is 0.879. The average Bonchev–Trinajstić information content (AvgIpc) is 2.25. The summed E-state index contributed by atoms with van der Waals surface area (Å²) in [7, 11) is 0. The maximum Gasteiger partial charge on any atom is 0.460 e. The van der Waals surface area contributed by atoms with Crippen LogP contribution in [0, 0.1) is 0 Å². The molecule has 0 aromatic heterocycles. The highest BCUT2D eigenvalue weighted by Gasteiger charge is 2.85. The lowest BCUT2D eigenvalue weighted by molar-refractivity contribution is -0.409. The third kappa shape index (κ3) is 2.62. The average molecular weight is 334 g/mol. The van der Waals surface area contributed by atoms with Crippen LogP contribution in [0.2, 0.25) is 0 Å². The van der Waals surface area contributed by atoms with E-state index in [0.29, 0.717) is 0 Å². The number of hydrogen-bond acceptors (Lipinski definition) is 0. The molecule has 0 bridgehead atoms. The molecule has 13 heteroatoms. The monoisotopic (exact) mass is 334 g/mol. The van der Waals surface area contributed by atoms with Gasteiger partial charge >= 0.3 is 29.9 Å². The highest BCUT2D eigenvalue weighted by molar-refractivity contribution is 5.06. The van der Waals surface area contributed by atoms with Crippen LogP contribution in [0.25, 0.3) is 0 Å². The normalized spacial score (nSPS) is 17.2. The van der Waals surface area contributed by atoms with Gasteiger partial charge in [-0.05, 0) is 0 Å². The highest BCUT2D eigenvalue weighted by atomic mass is 19.4. The fraction of sp³-hybridized carbons (Fsp3) is 1.00. The fourth-order valence-electron chi connectivity index (χ4n) is 0.879. The summed E-state index contributed by atoms with van der Waals surface area (Å²) in [5, 5.41) is 0. The van der Waals surface area contributed by atoms with Crippen molar-refractivity contribution < 1.29 is 57.1 Å². The van der Waals surface area contributed by atoms with Crippen molar-refractivity contribution in [1.29, 1.82) is 0 Å². The van der Waals surface area contributed by atoms with E-state index < -0.39 is 42.7 Å². The number of halogens is 13. The van der Waals surface area contributed by atoms with Gasteiger partial charge in [-0.15, -0.1) is 0 Å². The van der Waals surface area contributed by atoms with E-state index in [9.17, 15) is 57.1 Å². The third-order valence-electron chi connectivity index (χ3n) is 2.04. The highest BCUT2D eigenvalue weighted by Crippen LogP contribution is 2.56. The summed E-state index contributed by atoms with van der Waals surface area (Å²) in [4.78, 5) is 0. The van der Waals surface area contributed by atoms with Crippen LogP contribution < -0.4 is 0 Å². The lowest BCUT2D eigenvalue weighted by Crippen LogP contribution is -2.66. The van der Waals surface area contributed by atoms with Gasteiger partial charge in [0.25, 0.3) is 0 Å². The number of rotatable bonds is 5. The minimum atomic E-state index is -7.56. The second-order valence-corrected chi connectivity index (χ2v) is 3.53. The summed E-state index contributed by atoms with van der Waals surface area (Å²) in [6.07, 6.45) is -12.9. The van der Waals surface area contributed by atoms with Crippen molar-refractivity contribution >= 4 is 0 Å². The van der Waals surface area contributed by atoms with Gasteiger partial charge < -0.3 is 0 Å². The van der Waals surface area contributed by atoms with Crippen LogP contribution in [0.1, 0.15) is 0 Å². The number of alkyl halides is 13. The molecule has 0 spiro atoms. The zero-order valence-electron chi connectivity index (χ0n) is 8.70. The minimum absolute atomic E-state index is 3.31. The van der Waals surface area contributed by atoms with Gasteiger partial charge in [-0.1, -0.05) is 0 Å². The second-order valence-electron chi connectivity index (χ2n) is 3.53. The summed E-state index contributed by atoms with van der Waals surface area (Å²) < 4.78 is 157. The molecule has 0 radical (unpaired) electrons. The van der Waals surface area contributed by atoms with Gasteiger partial charge in [-0.3, -0.25) is 0 Å². The van der Waals surface area contributed by atoms with Crippen molar-refractivity contribution in [3.63, 3.8) is 0 Å². The van der Waals surface area contributed by atoms with Crippen molar-refractivity contribution in [2.24, 2.45) is 0 Å². The van der Waals surface area contributed by atoms with E-state index in [2.05, 4.69) is 0 Å². The Morgan fingerprint density at radius 2 is 1.00 bits per heavy atom. The van der Waals surface area contributed by atoms with Crippen molar-refractivity contribution in [2.45, 2.75) is 36.0 Å². The van der Waals surface area contributed by atoms with Crippen LogP contribution in [0.15, 0.2) is 0 Å². The van der Waals surface area contributed by atoms with Gasteiger partial charge in [0.05, 0.1) is 0 Å². The van der Waals surface area contributed by atoms with Crippen LogP contribution in [0.4, 0.5) is 57.1 Å².